The Morgan fingerprint density at radius 1 is 1.09 bits per heavy atom. The van der Waals surface area contributed by atoms with Crippen molar-refractivity contribution in [2.24, 2.45) is 0 Å². The molecule has 0 unspecified atom stereocenters. The Morgan fingerprint density at radius 2 is 1.82 bits per heavy atom. The average Bonchev–Trinajstić information content (AvgIpc) is 3.28. The number of nitrogens with zero attached hydrogens (tertiary/aromatic N) is 2. The number of hydrogen-bond acceptors (Lipinski definition) is 6. The van der Waals surface area contributed by atoms with E-state index in [0.29, 0.717) is 27.0 Å². The molecule has 2 aromatic heterocycles. The fourth-order valence-corrected chi connectivity index (χ4v) is 4.30. The number of nitrogens with one attached hydrogen (secondary N) is 1. The maximum Gasteiger partial charge on any atom is 0.337 e. The van der Waals surface area contributed by atoms with Crippen molar-refractivity contribution in [2.75, 3.05) is 12.4 Å². The van der Waals surface area contributed by atoms with Gasteiger partial charge in [0.05, 0.1) is 23.9 Å². The van der Waals surface area contributed by atoms with Gasteiger partial charge in [0.25, 0.3) is 5.56 Å². The zero-order valence-corrected chi connectivity index (χ0v) is 18.4. The third-order valence-corrected chi connectivity index (χ3v) is 5.94. The van der Waals surface area contributed by atoms with Gasteiger partial charge in [-0.2, -0.15) is 0 Å². The molecule has 33 heavy (non-hydrogen) atoms. The van der Waals surface area contributed by atoms with Crippen LogP contribution >= 0.6 is 11.3 Å². The molecular formula is C23H18FN3O5S. The van der Waals surface area contributed by atoms with E-state index in [4.69, 9.17) is 0 Å². The van der Waals surface area contributed by atoms with Gasteiger partial charge in [-0.3, -0.25) is 14.2 Å². The number of esters is 1. The second-order valence-electron chi connectivity index (χ2n) is 7.19. The number of fused-ring (bicyclic) bond motifs is 1. The zero-order valence-electron chi connectivity index (χ0n) is 17.6. The molecule has 0 aliphatic heterocycles. The molecule has 4 rings (SSSR count). The summed E-state index contributed by atoms with van der Waals surface area (Å²) in [5.41, 5.74) is 0.494. The number of thiophene rings is 1. The van der Waals surface area contributed by atoms with E-state index < -0.39 is 28.9 Å². The zero-order chi connectivity index (χ0) is 23.7. The van der Waals surface area contributed by atoms with Crippen molar-refractivity contribution < 1.29 is 18.7 Å². The lowest BCUT2D eigenvalue weighted by molar-refractivity contribution is -0.116. The monoisotopic (exact) mass is 467 g/mol. The number of ether oxygens (including phenoxy) is 1. The van der Waals surface area contributed by atoms with Crippen LogP contribution in [0.1, 0.15) is 15.9 Å². The van der Waals surface area contributed by atoms with Crippen LogP contribution in [-0.4, -0.2) is 28.1 Å². The first-order valence-electron chi connectivity index (χ1n) is 9.78. The highest BCUT2D eigenvalue weighted by Gasteiger charge is 2.19. The molecule has 1 N–H and O–H groups in total. The summed E-state index contributed by atoms with van der Waals surface area (Å²) in [5, 5.41) is 4.33. The Balaban J connectivity index is 1.71. The molecule has 2 aromatic carbocycles. The Bertz CT molecular complexity index is 1500. The summed E-state index contributed by atoms with van der Waals surface area (Å²) >= 11 is 1.15. The van der Waals surface area contributed by atoms with Crippen LogP contribution in [-0.2, 0) is 16.1 Å². The minimum absolute atomic E-state index is 0.245. The van der Waals surface area contributed by atoms with Crippen LogP contribution in [0.4, 0.5) is 10.1 Å². The third-order valence-electron chi connectivity index (χ3n) is 5.05. The summed E-state index contributed by atoms with van der Waals surface area (Å²) in [5.74, 6) is -1.49. The van der Waals surface area contributed by atoms with Crippen LogP contribution in [0.15, 0.2) is 63.5 Å². The standard InChI is InChI=1S/C23H18FN3O5S/c1-13-11-15(24)5-8-17(13)27-21(29)20-18(9-10-33-20)26(23(27)31)12-19(28)25-16-6-3-14(4-7-16)22(30)32-2/h3-11H,12H2,1-2H3,(H,25,28). The van der Waals surface area contributed by atoms with Crippen molar-refractivity contribution in [3.63, 3.8) is 0 Å². The smallest absolute Gasteiger partial charge is 0.337 e. The van der Waals surface area contributed by atoms with E-state index in [9.17, 15) is 23.6 Å². The van der Waals surface area contributed by atoms with Crippen molar-refractivity contribution in [3.8, 4) is 5.69 Å². The number of benzene rings is 2. The van der Waals surface area contributed by atoms with Gasteiger partial charge in [0, 0.05) is 5.69 Å². The van der Waals surface area contributed by atoms with E-state index in [-0.39, 0.29) is 12.2 Å². The molecule has 0 saturated heterocycles. The number of carbonyl (C=O) groups excluding carboxylic acids is 2. The molecule has 0 spiro atoms. The van der Waals surface area contributed by atoms with Gasteiger partial charge in [-0.25, -0.2) is 18.5 Å². The number of carbonyl (C=O) groups is 2. The Labute approximate surface area is 190 Å². The molecule has 0 radical (unpaired) electrons. The number of hydrogen-bond donors (Lipinski definition) is 1. The van der Waals surface area contributed by atoms with Crippen molar-refractivity contribution in [1.82, 2.24) is 9.13 Å². The summed E-state index contributed by atoms with van der Waals surface area (Å²) in [6.07, 6.45) is 0. The molecule has 8 nitrogen and oxygen atoms in total. The SMILES string of the molecule is COC(=O)c1ccc(NC(=O)Cn2c(=O)n(-c3ccc(F)cc3C)c(=O)c3sccc32)cc1. The van der Waals surface area contributed by atoms with Crippen molar-refractivity contribution in [2.45, 2.75) is 13.5 Å². The first kappa shape index (κ1) is 22.2. The quantitative estimate of drug-likeness (QED) is 0.455. The molecular weight excluding hydrogens is 449 g/mol. The molecule has 10 heteroatoms. The molecule has 4 aromatic rings. The van der Waals surface area contributed by atoms with Gasteiger partial charge in [-0.05, 0) is 66.4 Å². The number of aryl methyl sites for hydroxylation is 1. The fraction of sp³-hybridized carbons (Fsp3) is 0.130. The highest BCUT2D eigenvalue weighted by atomic mass is 32.1. The molecule has 0 aliphatic rings. The van der Waals surface area contributed by atoms with Crippen LogP contribution in [0.3, 0.4) is 0 Å². The Morgan fingerprint density at radius 3 is 2.48 bits per heavy atom. The number of anilines is 1. The summed E-state index contributed by atoms with van der Waals surface area (Å²) in [6.45, 7) is 1.24. The lowest BCUT2D eigenvalue weighted by atomic mass is 10.2. The van der Waals surface area contributed by atoms with Gasteiger partial charge >= 0.3 is 11.7 Å². The predicted molar refractivity (Wildman–Crippen MR) is 123 cm³/mol. The van der Waals surface area contributed by atoms with Crippen LogP contribution < -0.4 is 16.6 Å². The highest BCUT2D eigenvalue weighted by molar-refractivity contribution is 7.17. The second kappa shape index (κ2) is 8.83. The molecule has 0 saturated carbocycles. The summed E-state index contributed by atoms with van der Waals surface area (Å²) in [6, 6.07) is 11.4. The van der Waals surface area contributed by atoms with E-state index in [1.54, 1.807) is 18.4 Å². The van der Waals surface area contributed by atoms with E-state index in [0.717, 1.165) is 15.9 Å². The number of amides is 1. The average molecular weight is 467 g/mol. The van der Waals surface area contributed by atoms with Gasteiger partial charge in [-0.15, -0.1) is 11.3 Å². The molecule has 0 aliphatic carbocycles. The first-order valence-corrected chi connectivity index (χ1v) is 10.7. The van der Waals surface area contributed by atoms with Crippen LogP contribution in [0, 0.1) is 12.7 Å². The maximum atomic E-state index is 13.6. The Kier molecular flexibility index (Phi) is 5.93. The molecule has 168 valence electrons. The molecule has 1 amide bonds. The van der Waals surface area contributed by atoms with Crippen LogP contribution in [0.2, 0.25) is 0 Å². The molecule has 2 heterocycles. The van der Waals surface area contributed by atoms with E-state index >= 15 is 0 Å². The first-order chi connectivity index (χ1) is 15.8. The van der Waals surface area contributed by atoms with Crippen LogP contribution in [0.25, 0.3) is 15.9 Å². The number of methoxy groups -OCH3 is 1. The van der Waals surface area contributed by atoms with Gasteiger partial charge < -0.3 is 10.1 Å². The van der Waals surface area contributed by atoms with Gasteiger partial charge in [-0.1, -0.05) is 0 Å². The minimum atomic E-state index is -0.711. The van der Waals surface area contributed by atoms with E-state index in [2.05, 4.69) is 10.1 Å². The normalized spacial score (nSPS) is 10.9. The second-order valence-corrected chi connectivity index (χ2v) is 8.11. The molecule has 0 fully saturated rings. The number of rotatable bonds is 5. The van der Waals surface area contributed by atoms with Gasteiger partial charge in [0.1, 0.15) is 17.1 Å². The summed E-state index contributed by atoms with van der Waals surface area (Å²) in [4.78, 5) is 50.6. The highest BCUT2D eigenvalue weighted by Crippen LogP contribution is 2.18. The lowest BCUT2D eigenvalue weighted by Gasteiger charge is -2.14. The third kappa shape index (κ3) is 4.20. The van der Waals surface area contributed by atoms with Gasteiger partial charge in [0.15, 0.2) is 0 Å². The maximum absolute atomic E-state index is 13.6. The lowest BCUT2D eigenvalue weighted by Crippen LogP contribution is -2.40. The number of aromatic nitrogens is 2. The topological polar surface area (TPSA) is 99.4 Å². The predicted octanol–water partition coefficient (Wildman–Crippen LogP) is 3.09. The fourth-order valence-electron chi connectivity index (χ4n) is 3.47. The van der Waals surface area contributed by atoms with Crippen molar-refractivity contribution in [3.05, 3.63) is 91.7 Å². The number of halogens is 1. The Hall–Kier alpha value is -4.05. The van der Waals surface area contributed by atoms with E-state index in [1.165, 1.54) is 54.1 Å². The van der Waals surface area contributed by atoms with Crippen LogP contribution in [0.5, 0.6) is 0 Å². The summed E-state index contributed by atoms with van der Waals surface area (Å²) in [7, 11) is 1.27. The molecule has 0 atom stereocenters. The van der Waals surface area contributed by atoms with Crippen molar-refractivity contribution >= 4 is 39.1 Å². The molecule has 0 bridgehead atoms. The van der Waals surface area contributed by atoms with E-state index in [1.807, 2.05) is 0 Å². The largest absolute Gasteiger partial charge is 0.465 e. The van der Waals surface area contributed by atoms with Gasteiger partial charge in [0.2, 0.25) is 5.91 Å². The van der Waals surface area contributed by atoms with Crippen molar-refractivity contribution in [1.29, 1.82) is 0 Å². The summed E-state index contributed by atoms with van der Waals surface area (Å²) < 4.78 is 20.7. The minimum Gasteiger partial charge on any atom is -0.465 e.